The van der Waals surface area contributed by atoms with Gasteiger partial charge in [0.15, 0.2) is 0 Å². The quantitative estimate of drug-likeness (QED) is 0.738. The maximum absolute atomic E-state index is 12.9. The number of amides is 1. The van der Waals surface area contributed by atoms with Gasteiger partial charge in [0.1, 0.15) is 0 Å². The van der Waals surface area contributed by atoms with Crippen molar-refractivity contribution in [3.8, 4) is 0 Å². The molecule has 168 valence electrons. The van der Waals surface area contributed by atoms with Crippen LogP contribution in [0.2, 0.25) is 0 Å². The molecule has 31 heavy (non-hydrogen) atoms. The molecule has 0 aliphatic carbocycles. The summed E-state index contributed by atoms with van der Waals surface area (Å²) in [6.07, 6.45) is 1.07. The number of nitrogens with one attached hydrogen (secondary N) is 1. The highest BCUT2D eigenvalue weighted by Gasteiger charge is 2.32. The Bertz CT molecular complexity index is 998. The standard InChI is InChI=1S/C25H34N2O3S/c1-18-6-12-23(13-7-18)31(29,30)27-16-14-21(15-17-27)24(28)26-19(2)20-8-10-22(11-9-20)25(3,4)5/h6-13,19,21H,14-17H2,1-5H3,(H,26,28). The molecule has 1 saturated heterocycles. The second-order valence-corrected chi connectivity index (χ2v) is 11.5. The Labute approximate surface area is 186 Å². The van der Waals surface area contributed by atoms with Gasteiger partial charge in [-0.25, -0.2) is 8.42 Å². The van der Waals surface area contributed by atoms with Gasteiger partial charge in [-0.1, -0.05) is 62.7 Å². The van der Waals surface area contributed by atoms with Crippen molar-refractivity contribution >= 4 is 15.9 Å². The van der Waals surface area contributed by atoms with Crippen molar-refractivity contribution < 1.29 is 13.2 Å². The molecule has 2 aromatic carbocycles. The summed E-state index contributed by atoms with van der Waals surface area (Å²) in [6, 6.07) is 15.2. The van der Waals surface area contributed by atoms with E-state index in [1.54, 1.807) is 12.1 Å². The average Bonchev–Trinajstić information content (AvgIpc) is 2.73. The van der Waals surface area contributed by atoms with Crippen molar-refractivity contribution in [3.63, 3.8) is 0 Å². The summed E-state index contributed by atoms with van der Waals surface area (Å²) in [5, 5.41) is 3.11. The first-order valence-corrected chi connectivity index (χ1v) is 12.4. The van der Waals surface area contributed by atoms with Crippen LogP contribution in [0.4, 0.5) is 0 Å². The maximum Gasteiger partial charge on any atom is 0.243 e. The molecule has 0 radical (unpaired) electrons. The minimum Gasteiger partial charge on any atom is -0.349 e. The molecule has 1 heterocycles. The number of hydrogen-bond acceptors (Lipinski definition) is 3. The summed E-state index contributed by atoms with van der Waals surface area (Å²) in [5.41, 5.74) is 3.45. The fraction of sp³-hybridized carbons (Fsp3) is 0.480. The minimum atomic E-state index is -3.51. The number of sulfonamides is 1. The highest BCUT2D eigenvalue weighted by Crippen LogP contribution is 2.26. The monoisotopic (exact) mass is 442 g/mol. The van der Waals surface area contributed by atoms with E-state index in [-0.39, 0.29) is 23.3 Å². The Morgan fingerprint density at radius 3 is 2.06 bits per heavy atom. The van der Waals surface area contributed by atoms with Gasteiger partial charge in [-0.2, -0.15) is 4.31 Å². The molecule has 1 unspecified atom stereocenters. The molecule has 1 amide bonds. The van der Waals surface area contributed by atoms with Crippen LogP contribution in [-0.2, 0) is 20.2 Å². The Balaban J connectivity index is 1.57. The fourth-order valence-electron chi connectivity index (χ4n) is 3.90. The Morgan fingerprint density at radius 1 is 1.00 bits per heavy atom. The third kappa shape index (κ3) is 5.55. The SMILES string of the molecule is Cc1ccc(S(=O)(=O)N2CCC(C(=O)NC(C)c3ccc(C(C)(C)C)cc3)CC2)cc1. The Kier molecular flexibility index (Phi) is 6.92. The van der Waals surface area contributed by atoms with Crippen LogP contribution in [0.3, 0.4) is 0 Å². The number of carbonyl (C=O) groups excluding carboxylic acids is 1. The lowest BCUT2D eigenvalue weighted by atomic mass is 9.86. The third-order valence-corrected chi connectivity index (χ3v) is 8.03. The van der Waals surface area contributed by atoms with Gasteiger partial charge in [0.25, 0.3) is 0 Å². The molecule has 0 spiro atoms. The van der Waals surface area contributed by atoms with Crippen molar-refractivity contribution in [3.05, 3.63) is 65.2 Å². The van der Waals surface area contributed by atoms with Crippen molar-refractivity contribution in [2.75, 3.05) is 13.1 Å². The zero-order valence-electron chi connectivity index (χ0n) is 19.2. The highest BCUT2D eigenvalue weighted by atomic mass is 32.2. The molecule has 1 N–H and O–H groups in total. The maximum atomic E-state index is 12.9. The van der Waals surface area contributed by atoms with Gasteiger partial charge in [0.2, 0.25) is 15.9 Å². The van der Waals surface area contributed by atoms with Gasteiger partial charge in [-0.3, -0.25) is 4.79 Å². The number of hydrogen-bond donors (Lipinski definition) is 1. The Hall–Kier alpha value is -2.18. The lowest BCUT2D eigenvalue weighted by molar-refractivity contribution is -0.126. The predicted molar refractivity (Wildman–Crippen MR) is 124 cm³/mol. The normalized spacial score (nSPS) is 17.3. The van der Waals surface area contributed by atoms with Crippen LogP contribution in [0, 0.1) is 12.8 Å². The largest absolute Gasteiger partial charge is 0.349 e. The lowest BCUT2D eigenvalue weighted by Gasteiger charge is -2.31. The van der Waals surface area contributed by atoms with Crippen LogP contribution in [0.15, 0.2) is 53.4 Å². The average molecular weight is 443 g/mol. The minimum absolute atomic E-state index is 0.000202. The summed E-state index contributed by atoms with van der Waals surface area (Å²) in [4.78, 5) is 13.1. The van der Waals surface area contributed by atoms with E-state index in [4.69, 9.17) is 0 Å². The van der Waals surface area contributed by atoms with E-state index in [0.717, 1.165) is 11.1 Å². The van der Waals surface area contributed by atoms with Crippen molar-refractivity contribution in [2.45, 2.75) is 63.8 Å². The van der Waals surface area contributed by atoms with Crippen LogP contribution >= 0.6 is 0 Å². The van der Waals surface area contributed by atoms with Crippen LogP contribution < -0.4 is 5.32 Å². The number of benzene rings is 2. The molecule has 1 atom stereocenters. The summed E-state index contributed by atoms with van der Waals surface area (Å²) >= 11 is 0. The topological polar surface area (TPSA) is 66.5 Å². The van der Waals surface area contributed by atoms with E-state index in [1.165, 1.54) is 9.87 Å². The molecule has 3 rings (SSSR count). The van der Waals surface area contributed by atoms with Gasteiger partial charge >= 0.3 is 0 Å². The molecule has 5 nitrogen and oxygen atoms in total. The van der Waals surface area contributed by atoms with Crippen LogP contribution in [0.25, 0.3) is 0 Å². The summed E-state index contributed by atoms with van der Waals surface area (Å²) < 4.78 is 27.2. The van der Waals surface area contributed by atoms with Gasteiger partial charge in [-0.15, -0.1) is 0 Å². The zero-order chi connectivity index (χ0) is 22.8. The van der Waals surface area contributed by atoms with E-state index < -0.39 is 10.0 Å². The number of carbonyl (C=O) groups is 1. The molecule has 0 saturated carbocycles. The smallest absolute Gasteiger partial charge is 0.243 e. The van der Waals surface area contributed by atoms with Gasteiger partial charge in [0.05, 0.1) is 10.9 Å². The van der Waals surface area contributed by atoms with Crippen molar-refractivity contribution in [2.24, 2.45) is 5.92 Å². The van der Waals surface area contributed by atoms with Gasteiger partial charge < -0.3 is 5.32 Å². The summed E-state index contributed by atoms with van der Waals surface area (Å²) in [7, 11) is -3.51. The first kappa shape index (κ1) is 23.5. The molecular weight excluding hydrogens is 408 g/mol. The molecule has 1 aliphatic rings. The van der Waals surface area contributed by atoms with E-state index in [2.05, 4.69) is 50.4 Å². The number of rotatable bonds is 5. The molecular formula is C25H34N2O3S. The Morgan fingerprint density at radius 2 is 1.55 bits per heavy atom. The second-order valence-electron chi connectivity index (χ2n) is 9.59. The molecule has 0 bridgehead atoms. The van der Waals surface area contributed by atoms with E-state index >= 15 is 0 Å². The molecule has 6 heteroatoms. The van der Waals surface area contributed by atoms with E-state index in [1.807, 2.05) is 26.0 Å². The van der Waals surface area contributed by atoms with Gasteiger partial charge in [0, 0.05) is 19.0 Å². The second kappa shape index (κ2) is 9.13. The van der Waals surface area contributed by atoms with Gasteiger partial charge in [-0.05, 0) is 55.4 Å². The lowest BCUT2D eigenvalue weighted by Crippen LogP contribution is -2.43. The molecule has 2 aromatic rings. The highest BCUT2D eigenvalue weighted by molar-refractivity contribution is 7.89. The number of nitrogens with zero attached hydrogens (tertiary/aromatic N) is 1. The van der Waals surface area contributed by atoms with Crippen LogP contribution in [0.5, 0.6) is 0 Å². The number of aryl methyl sites for hydroxylation is 1. The van der Waals surface area contributed by atoms with E-state index in [9.17, 15) is 13.2 Å². The van der Waals surface area contributed by atoms with Crippen molar-refractivity contribution in [1.82, 2.24) is 9.62 Å². The molecule has 0 aromatic heterocycles. The first-order chi connectivity index (χ1) is 14.5. The van der Waals surface area contributed by atoms with Crippen LogP contribution in [0.1, 0.15) is 63.3 Å². The molecule has 1 aliphatic heterocycles. The summed E-state index contributed by atoms with van der Waals surface area (Å²) in [6.45, 7) is 11.2. The molecule has 1 fully saturated rings. The predicted octanol–water partition coefficient (Wildman–Crippen LogP) is 4.57. The third-order valence-electron chi connectivity index (χ3n) is 6.12. The summed E-state index contributed by atoms with van der Waals surface area (Å²) in [5.74, 6) is -0.166. The number of piperidine rings is 1. The van der Waals surface area contributed by atoms with E-state index in [0.29, 0.717) is 30.8 Å². The first-order valence-electron chi connectivity index (χ1n) is 11.0. The van der Waals surface area contributed by atoms with Crippen LogP contribution in [-0.4, -0.2) is 31.7 Å². The zero-order valence-corrected chi connectivity index (χ0v) is 20.0. The fourth-order valence-corrected chi connectivity index (χ4v) is 5.37. The van der Waals surface area contributed by atoms with Crippen molar-refractivity contribution in [1.29, 1.82) is 0 Å².